The van der Waals surface area contributed by atoms with E-state index >= 15 is 0 Å². The zero-order chi connectivity index (χ0) is 44.1. The molecule has 2 aliphatic rings. The summed E-state index contributed by atoms with van der Waals surface area (Å²) in [4.78, 5) is 2.10. The fourth-order valence-electron chi connectivity index (χ4n) is 11.7. The van der Waals surface area contributed by atoms with Crippen molar-refractivity contribution in [2.45, 2.75) is 11.6 Å². The standard InChI is InChI=1S/C59H32F3N3O/c60-59(61,62)47-22-10-18-42-43-19-11-25-51(57(43)66-56(42)47)64(36-29-26-34(33-63)27-30-36)52-32-48-54(40-16-4-3-14-38(40)52)53-37-13-2-1-12-35(37)28-31-45(53)58(48)44-20-6-8-24-50(44)65-49-23-7-5-15-39(49)41-17-9-21-46(58)55(41)65/h1-32H. The molecule has 310 valence electrons. The fraction of sp³-hybridized carbons (Fsp3) is 0.0339. The number of anilines is 3. The van der Waals surface area contributed by atoms with Gasteiger partial charge in [0.2, 0.25) is 0 Å². The molecule has 0 radical (unpaired) electrons. The van der Waals surface area contributed by atoms with Crippen molar-refractivity contribution in [1.29, 1.82) is 5.26 Å². The number of aromatic nitrogens is 1. The molecule has 1 spiro atoms. The third kappa shape index (κ3) is 4.62. The molecule has 1 aliphatic heterocycles. The van der Waals surface area contributed by atoms with Crippen molar-refractivity contribution in [2.24, 2.45) is 0 Å². The van der Waals surface area contributed by atoms with E-state index in [1.54, 1.807) is 18.2 Å². The molecule has 0 saturated heterocycles. The first kappa shape index (κ1) is 36.8. The molecule has 2 aromatic heterocycles. The first-order valence-electron chi connectivity index (χ1n) is 21.9. The lowest BCUT2D eigenvalue weighted by atomic mass is 9.65. The van der Waals surface area contributed by atoms with Crippen LogP contribution in [0.2, 0.25) is 0 Å². The lowest BCUT2D eigenvalue weighted by molar-refractivity contribution is -0.136. The van der Waals surface area contributed by atoms with Crippen molar-refractivity contribution in [2.75, 3.05) is 4.90 Å². The van der Waals surface area contributed by atoms with Crippen LogP contribution in [-0.2, 0) is 11.6 Å². The van der Waals surface area contributed by atoms with Gasteiger partial charge >= 0.3 is 6.18 Å². The summed E-state index contributed by atoms with van der Waals surface area (Å²) in [5, 5.41) is 17.5. The zero-order valence-electron chi connectivity index (χ0n) is 34.9. The van der Waals surface area contributed by atoms with Gasteiger partial charge in [-0.05, 0) is 104 Å². The highest BCUT2D eigenvalue weighted by atomic mass is 19.4. The Morgan fingerprint density at radius 2 is 1.14 bits per heavy atom. The smallest absolute Gasteiger partial charge is 0.420 e. The van der Waals surface area contributed by atoms with E-state index in [0.717, 1.165) is 72.3 Å². The van der Waals surface area contributed by atoms with E-state index in [2.05, 4.69) is 143 Å². The van der Waals surface area contributed by atoms with Gasteiger partial charge in [-0.15, -0.1) is 0 Å². The Morgan fingerprint density at radius 1 is 0.500 bits per heavy atom. The molecule has 14 rings (SSSR count). The van der Waals surface area contributed by atoms with E-state index in [4.69, 9.17) is 4.42 Å². The largest absolute Gasteiger partial charge is 0.453 e. The number of alkyl halides is 3. The number of nitriles is 1. The van der Waals surface area contributed by atoms with Crippen LogP contribution in [0.5, 0.6) is 0 Å². The summed E-state index contributed by atoms with van der Waals surface area (Å²) < 4.78 is 52.8. The van der Waals surface area contributed by atoms with Crippen LogP contribution in [-0.4, -0.2) is 4.57 Å². The fourth-order valence-corrected chi connectivity index (χ4v) is 11.7. The molecule has 4 nitrogen and oxygen atoms in total. The summed E-state index contributed by atoms with van der Waals surface area (Å²) >= 11 is 0. The minimum absolute atomic E-state index is 0.213. The Labute approximate surface area is 375 Å². The Balaban J connectivity index is 1.18. The lowest BCUT2D eigenvalue weighted by Crippen LogP contribution is -2.33. The third-order valence-corrected chi connectivity index (χ3v) is 14.2. The number of nitrogens with zero attached hydrogens (tertiary/aromatic N) is 3. The summed E-state index contributed by atoms with van der Waals surface area (Å²) in [6.45, 7) is 0. The van der Waals surface area contributed by atoms with Crippen LogP contribution in [0.1, 0.15) is 33.4 Å². The maximum absolute atomic E-state index is 14.6. The third-order valence-electron chi connectivity index (χ3n) is 14.2. The van der Waals surface area contributed by atoms with Gasteiger partial charge in [0.1, 0.15) is 5.58 Å². The number of rotatable bonds is 3. The summed E-state index contributed by atoms with van der Waals surface area (Å²) in [7, 11) is 0. The highest BCUT2D eigenvalue weighted by Gasteiger charge is 2.52. The van der Waals surface area contributed by atoms with Gasteiger partial charge < -0.3 is 13.9 Å². The van der Waals surface area contributed by atoms with Crippen molar-refractivity contribution in [1.82, 2.24) is 4.57 Å². The molecular formula is C59H32F3N3O. The molecule has 0 saturated carbocycles. The quantitative estimate of drug-likeness (QED) is 0.178. The summed E-state index contributed by atoms with van der Waals surface area (Å²) in [6.07, 6.45) is -4.63. The van der Waals surface area contributed by atoms with Gasteiger partial charge in [0.15, 0.2) is 5.58 Å². The molecule has 66 heavy (non-hydrogen) atoms. The van der Waals surface area contributed by atoms with E-state index in [1.807, 2.05) is 36.4 Å². The van der Waals surface area contributed by atoms with E-state index < -0.39 is 17.2 Å². The monoisotopic (exact) mass is 855 g/mol. The van der Waals surface area contributed by atoms with Crippen LogP contribution in [0, 0.1) is 11.3 Å². The summed E-state index contributed by atoms with van der Waals surface area (Å²) in [6, 6.07) is 67.4. The Hall–Kier alpha value is -8.60. The van der Waals surface area contributed by atoms with E-state index in [0.29, 0.717) is 33.3 Å². The van der Waals surface area contributed by atoms with Crippen LogP contribution >= 0.6 is 0 Å². The van der Waals surface area contributed by atoms with E-state index in [-0.39, 0.29) is 5.58 Å². The van der Waals surface area contributed by atoms with E-state index in [1.165, 1.54) is 28.0 Å². The lowest BCUT2D eigenvalue weighted by Gasteiger charge is -2.40. The van der Waals surface area contributed by atoms with Crippen molar-refractivity contribution in [3.8, 4) is 22.9 Å². The van der Waals surface area contributed by atoms with Gasteiger partial charge in [-0.2, -0.15) is 18.4 Å². The molecule has 10 aromatic carbocycles. The average Bonchev–Trinajstić information content (AvgIpc) is 4.01. The number of fused-ring (bicyclic) bond motifs is 19. The average molecular weight is 856 g/mol. The summed E-state index contributed by atoms with van der Waals surface area (Å²) in [5.74, 6) is 0. The second-order valence-electron chi connectivity index (χ2n) is 17.3. The number of hydrogen-bond donors (Lipinski definition) is 0. The number of furan rings is 1. The number of hydrogen-bond acceptors (Lipinski definition) is 3. The SMILES string of the molecule is N#Cc1ccc(N(c2cc3c(c4ccccc24)-c2c(ccc4ccccc24)C32c3ccccc3-n3c4ccccc4c4cccc2c43)c2cccc3c2oc2c(C(F)(F)F)cccc23)cc1. The van der Waals surface area contributed by atoms with Crippen LogP contribution in [0.25, 0.3) is 82.1 Å². The molecule has 3 heterocycles. The van der Waals surface area contributed by atoms with Gasteiger partial charge in [-0.25, -0.2) is 0 Å². The Morgan fingerprint density at radius 3 is 1.95 bits per heavy atom. The van der Waals surface area contributed by atoms with Gasteiger partial charge in [0.25, 0.3) is 0 Å². The number of para-hydroxylation sites is 5. The molecule has 1 atom stereocenters. The molecule has 1 aliphatic carbocycles. The van der Waals surface area contributed by atoms with Gasteiger partial charge in [0.05, 0.1) is 50.7 Å². The van der Waals surface area contributed by atoms with Crippen molar-refractivity contribution in [3.63, 3.8) is 0 Å². The Bertz CT molecular complexity index is 4130. The number of halogens is 3. The predicted octanol–water partition coefficient (Wildman–Crippen LogP) is 16.0. The van der Waals surface area contributed by atoms with E-state index in [9.17, 15) is 18.4 Å². The highest BCUT2D eigenvalue weighted by molar-refractivity contribution is 6.19. The van der Waals surface area contributed by atoms with Crippen LogP contribution < -0.4 is 4.90 Å². The second kappa shape index (κ2) is 13.0. The van der Waals surface area contributed by atoms with Crippen molar-refractivity contribution in [3.05, 3.63) is 228 Å². The molecule has 12 aromatic rings. The maximum atomic E-state index is 14.6. The minimum Gasteiger partial charge on any atom is -0.453 e. The zero-order valence-corrected chi connectivity index (χ0v) is 34.9. The van der Waals surface area contributed by atoms with Gasteiger partial charge in [0, 0.05) is 32.6 Å². The first-order valence-corrected chi connectivity index (χ1v) is 21.9. The van der Waals surface area contributed by atoms with Gasteiger partial charge in [-0.1, -0.05) is 140 Å². The molecule has 0 bridgehead atoms. The topological polar surface area (TPSA) is 45.1 Å². The maximum Gasteiger partial charge on any atom is 0.420 e. The summed E-state index contributed by atoms with van der Waals surface area (Å²) in [5.41, 5.74) is 11.3. The second-order valence-corrected chi connectivity index (χ2v) is 17.3. The molecule has 1 unspecified atom stereocenters. The first-order chi connectivity index (χ1) is 32.4. The molecule has 7 heteroatoms. The van der Waals surface area contributed by atoms with Crippen LogP contribution in [0.15, 0.2) is 199 Å². The normalized spacial score (nSPS) is 14.9. The van der Waals surface area contributed by atoms with Crippen LogP contribution in [0.3, 0.4) is 0 Å². The van der Waals surface area contributed by atoms with Gasteiger partial charge in [-0.3, -0.25) is 0 Å². The molecule has 0 N–H and O–H groups in total. The molecule has 0 fully saturated rings. The van der Waals surface area contributed by atoms with Crippen LogP contribution in [0.4, 0.5) is 30.2 Å². The molecular weight excluding hydrogens is 824 g/mol. The Kier molecular flexibility index (Phi) is 7.26. The predicted molar refractivity (Wildman–Crippen MR) is 258 cm³/mol. The highest BCUT2D eigenvalue weighted by Crippen LogP contribution is 2.64. The molecule has 0 amide bonds. The number of benzene rings is 10. The van der Waals surface area contributed by atoms with Crippen molar-refractivity contribution < 1.29 is 17.6 Å². The van der Waals surface area contributed by atoms with Crippen molar-refractivity contribution >= 4 is 82.4 Å². The minimum atomic E-state index is -4.63.